The van der Waals surface area contributed by atoms with E-state index >= 15 is 0 Å². The number of para-hydroxylation sites is 1. The van der Waals surface area contributed by atoms with E-state index in [1.807, 2.05) is 12.1 Å². The Morgan fingerprint density at radius 1 is 1.21 bits per heavy atom. The zero-order valence-corrected chi connectivity index (χ0v) is 11.5. The molecule has 100 valence electrons. The van der Waals surface area contributed by atoms with Gasteiger partial charge in [0, 0.05) is 18.5 Å². The molecule has 0 radical (unpaired) electrons. The molecule has 1 saturated heterocycles. The van der Waals surface area contributed by atoms with E-state index in [9.17, 15) is 0 Å². The van der Waals surface area contributed by atoms with Gasteiger partial charge in [0.05, 0.1) is 7.11 Å². The van der Waals surface area contributed by atoms with Gasteiger partial charge in [-0.2, -0.15) is 0 Å². The molecule has 1 fully saturated rings. The van der Waals surface area contributed by atoms with Crippen LogP contribution in [0.25, 0.3) is 10.9 Å². The van der Waals surface area contributed by atoms with Gasteiger partial charge in [-0.05, 0) is 30.9 Å². The molecule has 0 spiro atoms. The number of piperidine rings is 1. The number of rotatable bonds is 2. The molecule has 0 atom stereocenters. The van der Waals surface area contributed by atoms with Gasteiger partial charge in [0.1, 0.15) is 23.4 Å². The van der Waals surface area contributed by atoms with Crippen molar-refractivity contribution in [1.82, 2.24) is 9.97 Å². The molecular weight excluding hydrogens is 238 g/mol. The van der Waals surface area contributed by atoms with Crippen LogP contribution in [0.1, 0.15) is 19.8 Å². The maximum Gasteiger partial charge on any atom is 0.145 e. The first-order valence-electron chi connectivity index (χ1n) is 6.82. The minimum absolute atomic E-state index is 0.812. The summed E-state index contributed by atoms with van der Waals surface area (Å²) in [6.45, 7) is 4.47. The number of methoxy groups -OCH3 is 1. The SMILES string of the molecule is COc1cccc2c(N3CCC(C)CC3)ncnc12. The van der Waals surface area contributed by atoms with Gasteiger partial charge in [-0.15, -0.1) is 0 Å². The number of hydrogen-bond donors (Lipinski definition) is 0. The third kappa shape index (κ3) is 2.23. The van der Waals surface area contributed by atoms with Gasteiger partial charge in [0.25, 0.3) is 0 Å². The van der Waals surface area contributed by atoms with Crippen LogP contribution in [-0.4, -0.2) is 30.2 Å². The maximum atomic E-state index is 5.38. The first kappa shape index (κ1) is 12.2. The highest BCUT2D eigenvalue weighted by Gasteiger charge is 2.19. The van der Waals surface area contributed by atoms with Gasteiger partial charge < -0.3 is 9.64 Å². The molecule has 1 aliphatic heterocycles. The normalized spacial score (nSPS) is 16.8. The molecule has 0 saturated carbocycles. The van der Waals surface area contributed by atoms with Crippen LogP contribution in [-0.2, 0) is 0 Å². The van der Waals surface area contributed by atoms with Crippen molar-refractivity contribution < 1.29 is 4.74 Å². The number of fused-ring (bicyclic) bond motifs is 1. The molecule has 3 rings (SSSR count). The van der Waals surface area contributed by atoms with Crippen molar-refractivity contribution in [3.63, 3.8) is 0 Å². The van der Waals surface area contributed by atoms with Crippen LogP contribution in [0, 0.1) is 5.92 Å². The third-order valence-electron chi connectivity index (χ3n) is 3.91. The monoisotopic (exact) mass is 257 g/mol. The van der Waals surface area contributed by atoms with E-state index in [0.717, 1.165) is 41.5 Å². The standard InChI is InChI=1S/C15H19N3O/c1-11-6-8-18(9-7-11)15-12-4-3-5-13(19-2)14(12)16-10-17-15/h3-5,10-11H,6-9H2,1-2H3. The predicted octanol–water partition coefficient (Wildman–Crippen LogP) is 2.87. The molecule has 4 heteroatoms. The van der Waals surface area contributed by atoms with Crippen LogP contribution in [0.2, 0.25) is 0 Å². The summed E-state index contributed by atoms with van der Waals surface area (Å²) in [5.74, 6) is 2.67. The van der Waals surface area contributed by atoms with Crippen LogP contribution in [0.3, 0.4) is 0 Å². The van der Waals surface area contributed by atoms with Crippen LogP contribution < -0.4 is 9.64 Å². The van der Waals surface area contributed by atoms with E-state index in [0.29, 0.717) is 0 Å². The fraction of sp³-hybridized carbons (Fsp3) is 0.467. The molecule has 1 aromatic carbocycles. The van der Waals surface area contributed by atoms with E-state index in [-0.39, 0.29) is 0 Å². The van der Waals surface area contributed by atoms with Crippen molar-refractivity contribution in [2.45, 2.75) is 19.8 Å². The summed E-state index contributed by atoms with van der Waals surface area (Å²) in [7, 11) is 1.68. The molecule has 2 aromatic rings. The summed E-state index contributed by atoms with van der Waals surface area (Å²) in [4.78, 5) is 11.2. The molecule has 0 amide bonds. The summed E-state index contributed by atoms with van der Waals surface area (Å²) < 4.78 is 5.38. The zero-order chi connectivity index (χ0) is 13.2. The minimum atomic E-state index is 0.812. The van der Waals surface area contributed by atoms with Crippen LogP contribution in [0.15, 0.2) is 24.5 Å². The summed E-state index contributed by atoms with van der Waals surface area (Å²) in [6, 6.07) is 6.02. The number of benzene rings is 1. The second-order valence-electron chi connectivity index (χ2n) is 5.22. The summed E-state index contributed by atoms with van der Waals surface area (Å²) in [6.07, 6.45) is 4.10. The average Bonchev–Trinajstić information content (AvgIpc) is 2.47. The molecule has 4 nitrogen and oxygen atoms in total. The van der Waals surface area contributed by atoms with Crippen molar-refractivity contribution in [3.8, 4) is 5.75 Å². The quantitative estimate of drug-likeness (QED) is 0.829. The topological polar surface area (TPSA) is 38.2 Å². The second-order valence-corrected chi connectivity index (χ2v) is 5.22. The molecule has 0 unspecified atom stereocenters. The second kappa shape index (κ2) is 5.03. The van der Waals surface area contributed by atoms with Gasteiger partial charge in [-0.25, -0.2) is 9.97 Å². The lowest BCUT2D eigenvalue weighted by Crippen LogP contribution is -2.33. The fourth-order valence-corrected chi connectivity index (χ4v) is 2.68. The van der Waals surface area contributed by atoms with Crippen LogP contribution in [0.4, 0.5) is 5.82 Å². The highest BCUT2D eigenvalue weighted by atomic mass is 16.5. The Kier molecular flexibility index (Phi) is 3.23. The smallest absolute Gasteiger partial charge is 0.145 e. The Labute approximate surface area is 113 Å². The number of aromatic nitrogens is 2. The van der Waals surface area contributed by atoms with Crippen molar-refractivity contribution in [2.75, 3.05) is 25.1 Å². The van der Waals surface area contributed by atoms with E-state index in [2.05, 4.69) is 27.9 Å². The highest BCUT2D eigenvalue weighted by Crippen LogP contribution is 2.31. The lowest BCUT2D eigenvalue weighted by Gasteiger charge is -2.31. The number of ether oxygens (including phenoxy) is 1. The molecular formula is C15H19N3O. The molecule has 1 aromatic heterocycles. The largest absolute Gasteiger partial charge is 0.494 e. The lowest BCUT2D eigenvalue weighted by atomic mass is 9.99. The highest BCUT2D eigenvalue weighted by molar-refractivity contribution is 5.93. The molecule has 0 N–H and O–H groups in total. The first-order valence-corrected chi connectivity index (χ1v) is 6.82. The van der Waals surface area contributed by atoms with Crippen molar-refractivity contribution in [1.29, 1.82) is 0 Å². The molecule has 0 bridgehead atoms. The number of hydrogen-bond acceptors (Lipinski definition) is 4. The van der Waals surface area contributed by atoms with Gasteiger partial charge in [-0.1, -0.05) is 13.0 Å². The maximum absolute atomic E-state index is 5.38. The van der Waals surface area contributed by atoms with Crippen LogP contribution in [0.5, 0.6) is 5.75 Å². The van der Waals surface area contributed by atoms with E-state index < -0.39 is 0 Å². The lowest BCUT2D eigenvalue weighted by molar-refractivity contribution is 0.418. The van der Waals surface area contributed by atoms with Gasteiger partial charge in [0.15, 0.2) is 0 Å². The Bertz CT molecular complexity index is 577. The van der Waals surface area contributed by atoms with Gasteiger partial charge in [-0.3, -0.25) is 0 Å². The molecule has 19 heavy (non-hydrogen) atoms. The van der Waals surface area contributed by atoms with Gasteiger partial charge >= 0.3 is 0 Å². The average molecular weight is 257 g/mol. The Morgan fingerprint density at radius 2 is 2.00 bits per heavy atom. The Balaban J connectivity index is 2.04. The molecule has 1 aliphatic rings. The van der Waals surface area contributed by atoms with Crippen molar-refractivity contribution >= 4 is 16.7 Å². The first-order chi connectivity index (χ1) is 9.29. The Hall–Kier alpha value is -1.84. The van der Waals surface area contributed by atoms with Crippen molar-refractivity contribution in [3.05, 3.63) is 24.5 Å². The fourth-order valence-electron chi connectivity index (χ4n) is 2.68. The molecule has 0 aliphatic carbocycles. The molecule has 2 heterocycles. The van der Waals surface area contributed by atoms with Crippen LogP contribution >= 0.6 is 0 Å². The summed E-state index contributed by atoms with van der Waals surface area (Å²) >= 11 is 0. The summed E-state index contributed by atoms with van der Waals surface area (Å²) in [5.41, 5.74) is 0.897. The third-order valence-corrected chi connectivity index (χ3v) is 3.91. The van der Waals surface area contributed by atoms with E-state index in [4.69, 9.17) is 4.74 Å². The van der Waals surface area contributed by atoms with E-state index in [1.54, 1.807) is 13.4 Å². The minimum Gasteiger partial charge on any atom is -0.494 e. The number of nitrogens with zero attached hydrogens (tertiary/aromatic N) is 3. The summed E-state index contributed by atoms with van der Waals surface area (Å²) in [5, 5.41) is 1.08. The number of anilines is 1. The van der Waals surface area contributed by atoms with Gasteiger partial charge in [0.2, 0.25) is 0 Å². The zero-order valence-electron chi connectivity index (χ0n) is 11.5. The van der Waals surface area contributed by atoms with Crippen molar-refractivity contribution in [2.24, 2.45) is 5.92 Å². The van der Waals surface area contributed by atoms with E-state index in [1.165, 1.54) is 12.8 Å². The predicted molar refractivity (Wildman–Crippen MR) is 76.7 cm³/mol. The Morgan fingerprint density at radius 3 is 2.74 bits per heavy atom.